The molecule has 2 aliphatic carbocycles. The second-order valence-electron chi connectivity index (χ2n) is 7.94. The van der Waals surface area contributed by atoms with Crippen LogP contribution in [-0.4, -0.2) is 32.1 Å². The highest BCUT2D eigenvalue weighted by atomic mass is 127. The quantitative estimate of drug-likeness (QED) is 0.567. The molecule has 0 bridgehead atoms. The highest BCUT2D eigenvalue weighted by Gasteiger charge is 2.39. The number of aromatic nitrogens is 2. The summed E-state index contributed by atoms with van der Waals surface area (Å²) in [5, 5.41) is 33.0. The van der Waals surface area contributed by atoms with Gasteiger partial charge in [-0.2, -0.15) is 0 Å². The van der Waals surface area contributed by atoms with E-state index in [1.54, 1.807) is 6.07 Å². The van der Waals surface area contributed by atoms with E-state index in [4.69, 9.17) is 0 Å². The number of aromatic hydroxyl groups is 1. The first-order chi connectivity index (χ1) is 12.8. The number of phenols is 1. The number of halogens is 1. The van der Waals surface area contributed by atoms with Gasteiger partial charge in [-0.25, -0.2) is 0 Å². The van der Waals surface area contributed by atoms with Crippen molar-refractivity contribution in [3.8, 4) is 17.0 Å². The molecule has 0 saturated heterocycles. The first-order valence-corrected chi connectivity index (χ1v) is 10.5. The number of aliphatic hydroxyl groups is 1. The molecule has 5 nitrogen and oxygen atoms in total. The van der Waals surface area contributed by atoms with Crippen molar-refractivity contribution in [2.75, 3.05) is 5.32 Å². The predicted octanol–water partition coefficient (Wildman–Crippen LogP) is 4.46. The Kier molecular flexibility index (Phi) is 4.88. The fourth-order valence-corrected chi connectivity index (χ4v) is 4.51. The number of anilines is 1. The first-order valence-electron chi connectivity index (χ1n) is 9.39. The minimum absolute atomic E-state index is 0.211. The third-order valence-corrected chi connectivity index (χ3v) is 6.19. The second kappa shape index (κ2) is 7.05. The van der Waals surface area contributed by atoms with Gasteiger partial charge in [0.2, 0.25) is 0 Å². The van der Waals surface area contributed by atoms with Crippen molar-refractivity contribution in [3.05, 3.63) is 41.5 Å². The lowest BCUT2D eigenvalue weighted by atomic mass is 9.77. The monoisotopic (exact) mass is 477 g/mol. The molecule has 0 aliphatic heterocycles. The summed E-state index contributed by atoms with van der Waals surface area (Å²) in [7, 11) is 0. The normalized spacial score (nSPS) is 24.0. The van der Waals surface area contributed by atoms with Crippen molar-refractivity contribution in [1.29, 1.82) is 0 Å². The Bertz CT molecular complexity index is 903. The summed E-state index contributed by atoms with van der Waals surface area (Å²) in [5.74, 6) is 1.05. The van der Waals surface area contributed by atoms with Gasteiger partial charge in [-0.05, 0) is 91.3 Å². The molecule has 1 fully saturated rings. The number of hydrogen-bond acceptors (Lipinski definition) is 5. The van der Waals surface area contributed by atoms with E-state index in [0.29, 0.717) is 0 Å². The number of rotatable bonds is 4. The van der Waals surface area contributed by atoms with E-state index < -0.39 is 5.60 Å². The second-order valence-corrected chi connectivity index (χ2v) is 9.25. The molecule has 0 atom stereocenters. The van der Waals surface area contributed by atoms with E-state index in [1.165, 1.54) is 11.1 Å². The van der Waals surface area contributed by atoms with Crippen molar-refractivity contribution in [3.63, 3.8) is 0 Å². The maximum atomic E-state index is 10.6. The Morgan fingerprint density at radius 1 is 1.22 bits per heavy atom. The molecule has 3 N–H and O–H groups in total. The Morgan fingerprint density at radius 3 is 2.56 bits per heavy atom. The van der Waals surface area contributed by atoms with Gasteiger partial charge in [0, 0.05) is 20.7 Å². The highest BCUT2D eigenvalue weighted by Crippen LogP contribution is 2.39. The van der Waals surface area contributed by atoms with E-state index in [-0.39, 0.29) is 11.8 Å². The number of nitrogens with zero attached hydrogens (tertiary/aromatic N) is 2. The van der Waals surface area contributed by atoms with Crippen LogP contribution in [0.15, 0.2) is 24.8 Å². The van der Waals surface area contributed by atoms with Gasteiger partial charge in [-0.3, -0.25) is 0 Å². The summed E-state index contributed by atoms with van der Waals surface area (Å²) in [4.78, 5) is 0. The molecular formula is C21H24IN3O2. The topological polar surface area (TPSA) is 78.3 Å². The molecule has 1 aromatic heterocycles. The van der Waals surface area contributed by atoms with Crippen molar-refractivity contribution in [2.24, 2.45) is 0 Å². The van der Waals surface area contributed by atoms with E-state index in [2.05, 4.69) is 44.7 Å². The fourth-order valence-electron chi connectivity index (χ4n) is 4.18. The maximum Gasteiger partial charge on any atom is 0.152 e. The van der Waals surface area contributed by atoms with Crippen molar-refractivity contribution in [1.82, 2.24) is 10.2 Å². The minimum Gasteiger partial charge on any atom is -0.507 e. The molecule has 1 heterocycles. The molecule has 0 radical (unpaired) electrons. The molecule has 142 valence electrons. The fraction of sp³-hybridized carbons (Fsp3) is 0.429. The Labute approximate surface area is 173 Å². The van der Waals surface area contributed by atoms with Crippen LogP contribution in [0.25, 0.3) is 14.8 Å². The third kappa shape index (κ3) is 3.69. The summed E-state index contributed by atoms with van der Waals surface area (Å²) < 4.78 is 0.887. The molecule has 0 amide bonds. The molecule has 1 saturated carbocycles. The molecule has 6 heteroatoms. The van der Waals surface area contributed by atoms with Crippen LogP contribution >= 0.6 is 22.6 Å². The zero-order valence-corrected chi connectivity index (χ0v) is 17.6. The predicted molar refractivity (Wildman–Crippen MR) is 116 cm³/mol. The summed E-state index contributed by atoms with van der Waals surface area (Å²) in [6.07, 6.45) is 5.62. The third-order valence-electron chi connectivity index (χ3n) is 5.57. The summed E-state index contributed by atoms with van der Waals surface area (Å²) in [6.45, 7) is 5.79. The molecule has 27 heavy (non-hydrogen) atoms. The SMILES string of the molecule is C=C(I)c1ccc(-c2nnc(NC3CC(C)(O)C3)c3c2CCCC3)c(O)c1. The maximum absolute atomic E-state index is 10.6. The molecular weight excluding hydrogens is 453 g/mol. The summed E-state index contributed by atoms with van der Waals surface area (Å²) in [6, 6.07) is 5.85. The van der Waals surface area contributed by atoms with Gasteiger partial charge in [-0.15, -0.1) is 10.2 Å². The van der Waals surface area contributed by atoms with Gasteiger partial charge in [-0.1, -0.05) is 12.6 Å². The van der Waals surface area contributed by atoms with Gasteiger partial charge < -0.3 is 15.5 Å². The number of phenolic OH excluding ortho intramolecular Hbond substituents is 1. The lowest BCUT2D eigenvalue weighted by molar-refractivity contribution is -0.0235. The van der Waals surface area contributed by atoms with E-state index in [1.807, 2.05) is 19.1 Å². The standard InChI is InChI=1S/C21H24IN3O2/c1-12(22)13-7-8-17(18(26)9-13)19-15-5-3-4-6-16(15)20(25-24-19)23-14-10-21(2,27)11-14/h7-9,14,26-27H,1,3-6,10-11H2,2H3,(H,23,25). The highest BCUT2D eigenvalue weighted by molar-refractivity contribution is 14.1. The summed E-state index contributed by atoms with van der Waals surface area (Å²) in [5.41, 5.74) is 4.23. The number of hydrogen-bond donors (Lipinski definition) is 3. The molecule has 0 unspecified atom stereocenters. The van der Waals surface area contributed by atoms with Gasteiger partial charge in [0.1, 0.15) is 11.4 Å². The molecule has 0 spiro atoms. The van der Waals surface area contributed by atoms with Crippen LogP contribution in [0.4, 0.5) is 5.82 Å². The van der Waals surface area contributed by atoms with Crippen LogP contribution in [0.3, 0.4) is 0 Å². The van der Waals surface area contributed by atoms with Gasteiger partial charge in [0.05, 0.1) is 5.60 Å². The lowest BCUT2D eigenvalue weighted by Crippen LogP contribution is -2.48. The molecule has 4 rings (SSSR count). The van der Waals surface area contributed by atoms with E-state index in [9.17, 15) is 10.2 Å². The number of benzene rings is 1. The van der Waals surface area contributed by atoms with Gasteiger partial charge in [0.15, 0.2) is 5.82 Å². The minimum atomic E-state index is -0.568. The van der Waals surface area contributed by atoms with Crippen molar-refractivity contribution < 1.29 is 10.2 Å². The van der Waals surface area contributed by atoms with Crippen molar-refractivity contribution >= 4 is 32.0 Å². The average Bonchev–Trinajstić information content (AvgIpc) is 2.60. The van der Waals surface area contributed by atoms with Crippen LogP contribution in [0.1, 0.15) is 49.3 Å². The number of fused-ring (bicyclic) bond motifs is 1. The molecule has 2 aromatic rings. The smallest absolute Gasteiger partial charge is 0.152 e. The van der Waals surface area contributed by atoms with Crippen molar-refractivity contribution in [2.45, 2.75) is 57.1 Å². The van der Waals surface area contributed by atoms with Crippen LogP contribution in [0.5, 0.6) is 5.75 Å². The van der Waals surface area contributed by atoms with Crippen LogP contribution < -0.4 is 5.32 Å². The van der Waals surface area contributed by atoms with Crippen LogP contribution in [-0.2, 0) is 12.8 Å². The van der Waals surface area contributed by atoms with Gasteiger partial charge in [0.25, 0.3) is 0 Å². The Morgan fingerprint density at radius 2 is 1.93 bits per heavy atom. The Hall–Kier alpha value is -1.67. The Balaban J connectivity index is 1.70. The largest absolute Gasteiger partial charge is 0.507 e. The first kappa shape index (κ1) is 18.7. The summed E-state index contributed by atoms with van der Waals surface area (Å²) >= 11 is 2.15. The lowest BCUT2D eigenvalue weighted by Gasteiger charge is -2.41. The average molecular weight is 477 g/mol. The zero-order valence-electron chi connectivity index (χ0n) is 15.4. The van der Waals surface area contributed by atoms with Crippen LogP contribution in [0.2, 0.25) is 0 Å². The van der Waals surface area contributed by atoms with Gasteiger partial charge >= 0.3 is 0 Å². The number of nitrogens with one attached hydrogen (secondary N) is 1. The van der Waals surface area contributed by atoms with Crippen LogP contribution in [0, 0.1) is 0 Å². The van der Waals surface area contributed by atoms with E-state index in [0.717, 1.165) is 64.7 Å². The molecule has 1 aromatic carbocycles. The van der Waals surface area contributed by atoms with E-state index >= 15 is 0 Å². The molecule has 2 aliphatic rings. The zero-order chi connectivity index (χ0) is 19.2.